The monoisotopic (exact) mass is 362 g/mol. The van der Waals surface area contributed by atoms with Gasteiger partial charge in [0.15, 0.2) is 5.96 Å². The standard InChI is InChI=1S/C18H29N5O.CH5N/c1-5-8-15(9-6-2)16(10-7-3)23-13-14(4)17(24)21-11-12-22-18(19)20;1-2/h5-10,13-14H,11-12H2,1-4H3,(H,21,24)(H4,19,20,22);2H2,1H3/b8-5-,9-6-,10-7-,23-13?;. The number of nitrogens with one attached hydrogen (secondary N) is 1. The van der Waals surface area contributed by atoms with Crippen LogP contribution in [0, 0.1) is 5.92 Å². The molecule has 1 atom stereocenters. The number of carbonyl (C=O) groups excluding carboxylic acids is 1. The van der Waals surface area contributed by atoms with Crippen LogP contribution in [-0.4, -0.2) is 38.2 Å². The average molecular weight is 363 g/mol. The summed E-state index contributed by atoms with van der Waals surface area (Å²) in [5, 5.41) is 2.76. The van der Waals surface area contributed by atoms with E-state index in [0.717, 1.165) is 11.3 Å². The van der Waals surface area contributed by atoms with Crippen LogP contribution in [0.5, 0.6) is 0 Å². The first-order valence-corrected chi connectivity index (χ1v) is 8.53. The first-order chi connectivity index (χ1) is 12.5. The minimum Gasteiger partial charge on any atom is -0.370 e. The predicted octanol–water partition coefficient (Wildman–Crippen LogP) is 1.64. The van der Waals surface area contributed by atoms with Gasteiger partial charge in [0, 0.05) is 12.8 Å². The molecule has 0 aliphatic rings. The first kappa shape index (κ1) is 25.6. The zero-order valence-corrected chi connectivity index (χ0v) is 16.6. The van der Waals surface area contributed by atoms with Gasteiger partial charge in [-0.25, -0.2) is 0 Å². The van der Waals surface area contributed by atoms with Crippen LogP contribution in [0.4, 0.5) is 0 Å². The normalized spacial score (nSPS) is 12.2. The predicted molar refractivity (Wildman–Crippen MR) is 113 cm³/mol. The van der Waals surface area contributed by atoms with Crippen molar-refractivity contribution in [1.82, 2.24) is 5.32 Å². The fourth-order valence-electron chi connectivity index (χ4n) is 1.74. The van der Waals surface area contributed by atoms with E-state index < -0.39 is 0 Å². The van der Waals surface area contributed by atoms with Crippen LogP contribution < -0.4 is 22.5 Å². The number of rotatable bonds is 9. The summed E-state index contributed by atoms with van der Waals surface area (Å²) >= 11 is 0. The Hall–Kier alpha value is -2.67. The van der Waals surface area contributed by atoms with Crippen molar-refractivity contribution in [2.45, 2.75) is 27.7 Å². The molecule has 1 unspecified atom stereocenters. The quantitative estimate of drug-likeness (QED) is 0.215. The molecular weight excluding hydrogens is 328 g/mol. The van der Waals surface area contributed by atoms with Gasteiger partial charge in [-0.3, -0.25) is 14.8 Å². The van der Waals surface area contributed by atoms with Gasteiger partial charge < -0.3 is 22.5 Å². The molecule has 0 aliphatic carbocycles. The van der Waals surface area contributed by atoms with Gasteiger partial charge in [-0.15, -0.1) is 0 Å². The summed E-state index contributed by atoms with van der Waals surface area (Å²) in [6.07, 6.45) is 13.3. The van der Waals surface area contributed by atoms with E-state index in [4.69, 9.17) is 11.5 Å². The van der Waals surface area contributed by atoms with Crippen LogP contribution >= 0.6 is 0 Å². The van der Waals surface area contributed by atoms with E-state index in [1.165, 1.54) is 7.05 Å². The van der Waals surface area contributed by atoms with Crippen LogP contribution in [0.3, 0.4) is 0 Å². The van der Waals surface area contributed by atoms with Crippen molar-refractivity contribution in [1.29, 1.82) is 0 Å². The molecule has 7 N–H and O–H groups in total. The smallest absolute Gasteiger partial charge is 0.228 e. The van der Waals surface area contributed by atoms with E-state index in [-0.39, 0.29) is 17.8 Å². The lowest BCUT2D eigenvalue weighted by Gasteiger charge is -2.07. The fourth-order valence-corrected chi connectivity index (χ4v) is 1.74. The zero-order valence-electron chi connectivity index (χ0n) is 16.6. The van der Waals surface area contributed by atoms with E-state index >= 15 is 0 Å². The number of nitrogens with two attached hydrogens (primary N) is 3. The third-order valence-corrected chi connectivity index (χ3v) is 2.87. The SMILES string of the molecule is C/C=C\C(/C=C\C)=C(/C=C\C)N=CC(C)C(=O)NCCN=C(N)N.CN. The number of guanidine groups is 1. The zero-order chi connectivity index (χ0) is 20.4. The van der Waals surface area contributed by atoms with Crippen molar-refractivity contribution in [3.05, 3.63) is 47.7 Å². The Balaban J connectivity index is 0. The molecule has 0 aromatic carbocycles. The third-order valence-electron chi connectivity index (χ3n) is 2.87. The van der Waals surface area contributed by atoms with E-state index in [1.54, 1.807) is 13.1 Å². The van der Waals surface area contributed by atoms with Crippen LogP contribution in [0.2, 0.25) is 0 Å². The number of amides is 1. The molecule has 7 nitrogen and oxygen atoms in total. The molecule has 0 aromatic heterocycles. The highest BCUT2D eigenvalue weighted by molar-refractivity contribution is 5.93. The largest absolute Gasteiger partial charge is 0.370 e. The average Bonchev–Trinajstić information content (AvgIpc) is 2.63. The summed E-state index contributed by atoms with van der Waals surface area (Å²) in [5.41, 5.74) is 16.7. The summed E-state index contributed by atoms with van der Waals surface area (Å²) in [7, 11) is 1.50. The molecule has 7 heteroatoms. The van der Waals surface area contributed by atoms with Gasteiger partial charge in [-0.2, -0.15) is 0 Å². The maximum atomic E-state index is 12.0. The number of hydrogen-bond donors (Lipinski definition) is 4. The number of carbonyl (C=O) groups is 1. The van der Waals surface area contributed by atoms with Crippen LogP contribution in [0.1, 0.15) is 27.7 Å². The van der Waals surface area contributed by atoms with E-state index in [9.17, 15) is 4.79 Å². The number of aliphatic imine (C=N–C) groups is 2. The molecule has 146 valence electrons. The highest BCUT2D eigenvalue weighted by Crippen LogP contribution is 2.12. The first-order valence-electron chi connectivity index (χ1n) is 8.53. The molecule has 1 amide bonds. The summed E-state index contributed by atoms with van der Waals surface area (Å²) in [5.74, 6) is -0.467. The van der Waals surface area contributed by atoms with Crippen molar-refractivity contribution >= 4 is 18.1 Å². The lowest BCUT2D eigenvalue weighted by Crippen LogP contribution is -2.32. The highest BCUT2D eigenvalue weighted by atomic mass is 16.1. The molecular formula is C19H34N6O. The molecule has 0 fully saturated rings. The number of allylic oxidation sites excluding steroid dienone is 7. The fraction of sp³-hybridized carbons (Fsp3) is 0.421. The Labute approximate surface area is 157 Å². The molecule has 0 aliphatic heterocycles. The molecule has 0 spiro atoms. The van der Waals surface area contributed by atoms with Gasteiger partial charge in [0.2, 0.25) is 5.91 Å². The summed E-state index contributed by atoms with van der Waals surface area (Å²) in [6, 6.07) is 0. The topological polar surface area (TPSA) is 132 Å². The minimum atomic E-state index is -0.359. The lowest BCUT2D eigenvalue weighted by atomic mass is 10.1. The van der Waals surface area contributed by atoms with Crippen molar-refractivity contribution in [2.24, 2.45) is 33.1 Å². The van der Waals surface area contributed by atoms with Crippen molar-refractivity contribution < 1.29 is 4.79 Å². The van der Waals surface area contributed by atoms with Crippen molar-refractivity contribution in [2.75, 3.05) is 20.1 Å². The van der Waals surface area contributed by atoms with Gasteiger partial charge in [-0.1, -0.05) is 30.4 Å². The van der Waals surface area contributed by atoms with Gasteiger partial charge in [0.25, 0.3) is 0 Å². The third kappa shape index (κ3) is 12.7. The summed E-state index contributed by atoms with van der Waals surface area (Å²) in [4.78, 5) is 20.3. The molecule has 0 rings (SSSR count). The van der Waals surface area contributed by atoms with Gasteiger partial charge in [0.05, 0.1) is 18.2 Å². The second-order valence-electron chi connectivity index (χ2n) is 5.01. The maximum Gasteiger partial charge on any atom is 0.228 e. The van der Waals surface area contributed by atoms with Crippen LogP contribution in [-0.2, 0) is 4.79 Å². The van der Waals surface area contributed by atoms with Gasteiger partial charge in [0.1, 0.15) is 0 Å². The van der Waals surface area contributed by atoms with Crippen LogP contribution in [0.25, 0.3) is 0 Å². The van der Waals surface area contributed by atoms with Crippen molar-refractivity contribution in [3.8, 4) is 0 Å². The highest BCUT2D eigenvalue weighted by Gasteiger charge is 2.09. The summed E-state index contributed by atoms with van der Waals surface area (Å²) in [6.45, 7) is 8.36. The maximum absolute atomic E-state index is 12.0. The Morgan fingerprint density at radius 2 is 1.58 bits per heavy atom. The molecule has 0 bridgehead atoms. The molecule has 0 radical (unpaired) electrons. The lowest BCUT2D eigenvalue weighted by molar-refractivity contribution is -0.122. The van der Waals surface area contributed by atoms with E-state index in [1.807, 2.05) is 57.2 Å². The molecule has 0 saturated heterocycles. The molecule has 26 heavy (non-hydrogen) atoms. The summed E-state index contributed by atoms with van der Waals surface area (Å²) < 4.78 is 0. The second-order valence-corrected chi connectivity index (χ2v) is 5.01. The van der Waals surface area contributed by atoms with Crippen molar-refractivity contribution in [3.63, 3.8) is 0 Å². The Bertz CT molecular complexity index is 553. The molecule has 0 heterocycles. The Kier molecular flexibility index (Phi) is 16.9. The van der Waals surface area contributed by atoms with Gasteiger partial charge in [-0.05, 0) is 46.4 Å². The molecule has 0 aromatic rings. The second kappa shape index (κ2) is 17.2. The van der Waals surface area contributed by atoms with Crippen LogP contribution in [0.15, 0.2) is 57.7 Å². The Morgan fingerprint density at radius 3 is 2.04 bits per heavy atom. The number of hydrogen-bond acceptors (Lipinski definition) is 4. The van der Waals surface area contributed by atoms with E-state index in [2.05, 4.69) is 21.0 Å². The van der Waals surface area contributed by atoms with Gasteiger partial charge >= 0.3 is 0 Å². The number of nitrogens with zero attached hydrogens (tertiary/aromatic N) is 2. The molecule has 0 saturated carbocycles. The van der Waals surface area contributed by atoms with E-state index in [0.29, 0.717) is 13.1 Å². The minimum absolute atomic E-state index is 0.0143. The Morgan fingerprint density at radius 1 is 1.04 bits per heavy atom.